The molecule has 0 amide bonds. The van der Waals surface area contributed by atoms with Crippen molar-refractivity contribution in [3.8, 4) is 10.4 Å². The van der Waals surface area contributed by atoms with Crippen LogP contribution in [0, 0.1) is 5.92 Å². The Morgan fingerprint density at radius 1 is 0.941 bits per heavy atom. The van der Waals surface area contributed by atoms with E-state index in [1.807, 2.05) is 54.6 Å². The number of aryl methyl sites for hydroxylation is 2. The molecular formula is C26H31O6PS. The molecule has 34 heavy (non-hydrogen) atoms. The maximum atomic E-state index is 12.6. The molecule has 0 aliphatic rings. The van der Waals surface area contributed by atoms with Crippen molar-refractivity contribution >= 4 is 24.9 Å². The van der Waals surface area contributed by atoms with Gasteiger partial charge in [-0.1, -0.05) is 54.6 Å². The maximum absolute atomic E-state index is 12.6. The third-order valence-electron chi connectivity index (χ3n) is 5.62. The Hall–Kier alpha value is -2.12. The highest BCUT2D eigenvalue weighted by Gasteiger charge is 2.24. The van der Waals surface area contributed by atoms with Crippen molar-refractivity contribution in [2.24, 2.45) is 5.92 Å². The van der Waals surface area contributed by atoms with E-state index in [9.17, 15) is 14.5 Å². The van der Waals surface area contributed by atoms with Crippen LogP contribution in [0.15, 0.2) is 66.7 Å². The van der Waals surface area contributed by atoms with Crippen LogP contribution < -0.4 is 0 Å². The number of aliphatic hydroxyl groups is 1. The van der Waals surface area contributed by atoms with Gasteiger partial charge in [-0.15, -0.1) is 11.3 Å². The number of thiophene rings is 1. The van der Waals surface area contributed by atoms with Gasteiger partial charge in [-0.25, -0.2) is 4.57 Å². The number of carbonyl (C=O) groups excluding carboxylic acids is 1. The molecule has 3 rings (SSSR count). The van der Waals surface area contributed by atoms with Gasteiger partial charge in [0.25, 0.3) is 0 Å². The molecule has 1 atom stereocenters. The first-order valence-electron chi connectivity index (χ1n) is 11.2. The average molecular weight is 503 g/mol. The Morgan fingerprint density at radius 3 is 2.26 bits per heavy atom. The van der Waals surface area contributed by atoms with Gasteiger partial charge in [0.15, 0.2) is 5.78 Å². The summed E-state index contributed by atoms with van der Waals surface area (Å²) in [6.07, 6.45) is 2.66. The van der Waals surface area contributed by atoms with Crippen molar-refractivity contribution < 1.29 is 28.0 Å². The molecule has 1 unspecified atom stereocenters. The maximum Gasteiger partial charge on any atom is 0.474 e. The van der Waals surface area contributed by atoms with E-state index < -0.39 is 7.82 Å². The van der Waals surface area contributed by atoms with Crippen molar-refractivity contribution in [2.45, 2.75) is 25.7 Å². The summed E-state index contributed by atoms with van der Waals surface area (Å²) >= 11 is 1.52. The lowest BCUT2D eigenvalue weighted by Crippen LogP contribution is -2.15. The molecule has 0 saturated carbocycles. The fourth-order valence-corrected chi connectivity index (χ4v) is 5.21. The number of aliphatic hydroxyl groups excluding tert-OH is 1. The molecule has 2 aromatic carbocycles. The molecule has 6 nitrogen and oxygen atoms in total. The van der Waals surface area contributed by atoms with Gasteiger partial charge in [0.1, 0.15) is 0 Å². The number of rotatable bonds is 14. The van der Waals surface area contributed by atoms with Gasteiger partial charge in [0, 0.05) is 38.0 Å². The Balaban J connectivity index is 1.51. The number of Topliss-reactive ketones (excluding diaryl/α,β-unsaturated/α-hetero) is 1. The molecule has 182 valence electrons. The number of ketones is 1. The van der Waals surface area contributed by atoms with Crippen molar-refractivity contribution in [3.63, 3.8) is 0 Å². The van der Waals surface area contributed by atoms with Crippen LogP contribution in [0.5, 0.6) is 0 Å². The zero-order valence-corrected chi connectivity index (χ0v) is 21.2. The van der Waals surface area contributed by atoms with E-state index in [0.717, 1.165) is 33.7 Å². The van der Waals surface area contributed by atoms with Crippen LogP contribution >= 0.6 is 19.2 Å². The molecule has 0 aliphatic carbocycles. The van der Waals surface area contributed by atoms with Gasteiger partial charge < -0.3 is 5.11 Å². The highest BCUT2D eigenvalue weighted by Crippen LogP contribution is 2.47. The second-order valence-corrected chi connectivity index (χ2v) is 10.9. The lowest BCUT2D eigenvalue weighted by molar-refractivity contribution is 0.0985. The molecule has 0 spiro atoms. The van der Waals surface area contributed by atoms with E-state index in [4.69, 9.17) is 13.6 Å². The van der Waals surface area contributed by atoms with E-state index in [-0.39, 0.29) is 24.9 Å². The quantitative estimate of drug-likeness (QED) is 0.209. The van der Waals surface area contributed by atoms with E-state index in [0.29, 0.717) is 12.8 Å². The summed E-state index contributed by atoms with van der Waals surface area (Å²) in [5, 5.41) is 9.61. The third-order valence-corrected chi connectivity index (χ3v) is 8.15. The number of carbonyl (C=O) groups is 1. The van der Waals surface area contributed by atoms with Gasteiger partial charge in [-0.05, 0) is 48.1 Å². The minimum atomic E-state index is -3.54. The standard InChI is InChI=1S/C26H31O6PS/c1-30-33(29,31-2)32-19-22(18-27)9-8-21-10-13-23(14-11-21)25-16-17-26(34-25)24(28)15-12-20-6-4-3-5-7-20/h3-7,10-11,13-14,16-17,22,27H,8-9,12,15,18-19H2,1-2H3. The number of benzene rings is 2. The van der Waals surface area contributed by atoms with Crippen LogP contribution in [-0.4, -0.2) is 38.3 Å². The minimum Gasteiger partial charge on any atom is -0.396 e. The van der Waals surface area contributed by atoms with Gasteiger partial charge in [0.2, 0.25) is 0 Å². The van der Waals surface area contributed by atoms with E-state index in [1.165, 1.54) is 31.1 Å². The monoisotopic (exact) mass is 502 g/mol. The molecule has 1 N–H and O–H groups in total. The van der Waals surface area contributed by atoms with Crippen molar-refractivity contribution in [1.29, 1.82) is 0 Å². The third kappa shape index (κ3) is 7.70. The molecule has 1 heterocycles. The molecule has 0 saturated heterocycles. The number of phosphoric ester groups is 1. The first kappa shape index (κ1) is 26.5. The summed E-state index contributed by atoms with van der Waals surface area (Å²) in [5.74, 6) is -0.0134. The van der Waals surface area contributed by atoms with Crippen LogP contribution in [0.25, 0.3) is 10.4 Å². The van der Waals surface area contributed by atoms with Gasteiger partial charge >= 0.3 is 7.82 Å². The second kappa shape index (κ2) is 13.1. The van der Waals surface area contributed by atoms with Crippen molar-refractivity contribution in [1.82, 2.24) is 0 Å². The minimum absolute atomic E-state index is 0.0816. The van der Waals surface area contributed by atoms with Crippen LogP contribution in [-0.2, 0) is 31.0 Å². The molecule has 3 aromatic rings. The molecule has 0 bridgehead atoms. The molecule has 1 aromatic heterocycles. The summed E-state index contributed by atoms with van der Waals surface area (Å²) in [5.41, 5.74) is 3.36. The SMILES string of the molecule is COP(=O)(OC)OCC(CO)CCc1ccc(-c2ccc(C(=O)CCc3ccccc3)s2)cc1. The smallest absolute Gasteiger partial charge is 0.396 e. The summed E-state index contributed by atoms with van der Waals surface area (Å²) in [6.45, 7) is 0.00556. The molecule has 0 radical (unpaired) electrons. The predicted octanol–water partition coefficient (Wildman–Crippen LogP) is 6.19. The second-order valence-electron chi connectivity index (χ2n) is 7.96. The van der Waals surface area contributed by atoms with E-state index in [1.54, 1.807) is 0 Å². The zero-order chi connectivity index (χ0) is 24.4. The van der Waals surface area contributed by atoms with Crippen LogP contribution in [0.3, 0.4) is 0 Å². The van der Waals surface area contributed by atoms with Gasteiger partial charge in [-0.3, -0.25) is 18.4 Å². The summed E-state index contributed by atoms with van der Waals surface area (Å²) < 4.78 is 26.7. The Labute approximate surface area is 205 Å². The molecule has 8 heteroatoms. The fourth-order valence-electron chi connectivity index (χ4n) is 3.48. The van der Waals surface area contributed by atoms with Gasteiger partial charge in [0.05, 0.1) is 11.5 Å². The topological polar surface area (TPSA) is 82.1 Å². The van der Waals surface area contributed by atoms with Gasteiger partial charge in [-0.2, -0.15) is 0 Å². The number of phosphoric acid groups is 1. The fraction of sp³-hybridized carbons (Fsp3) is 0.346. The predicted molar refractivity (Wildman–Crippen MR) is 135 cm³/mol. The Bertz CT molecular complexity index is 1070. The normalized spacial score (nSPS) is 12.6. The summed E-state index contributed by atoms with van der Waals surface area (Å²) in [4.78, 5) is 14.4. The Kier molecular flexibility index (Phi) is 10.2. The first-order chi connectivity index (χ1) is 16.5. The highest BCUT2D eigenvalue weighted by atomic mass is 32.1. The van der Waals surface area contributed by atoms with Crippen LogP contribution in [0.2, 0.25) is 0 Å². The highest BCUT2D eigenvalue weighted by molar-refractivity contribution is 7.48. The van der Waals surface area contributed by atoms with E-state index in [2.05, 4.69) is 12.1 Å². The lowest BCUT2D eigenvalue weighted by atomic mass is 10.00. The largest absolute Gasteiger partial charge is 0.474 e. The van der Waals surface area contributed by atoms with Crippen LogP contribution in [0.4, 0.5) is 0 Å². The van der Waals surface area contributed by atoms with Crippen molar-refractivity contribution in [3.05, 3.63) is 82.7 Å². The lowest BCUT2D eigenvalue weighted by Gasteiger charge is -2.18. The molecule has 0 aliphatic heterocycles. The Morgan fingerprint density at radius 2 is 1.62 bits per heavy atom. The molecular weight excluding hydrogens is 471 g/mol. The number of hydrogen-bond donors (Lipinski definition) is 1. The van der Waals surface area contributed by atoms with E-state index >= 15 is 0 Å². The number of hydrogen-bond acceptors (Lipinski definition) is 7. The summed E-state index contributed by atoms with van der Waals surface area (Å²) in [6, 6.07) is 22.2. The first-order valence-corrected chi connectivity index (χ1v) is 13.5. The zero-order valence-electron chi connectivity index (χ0n) is 19.5. The molecule has 0 fully saturated rings. The average Bonchev–Trinajstić information content (AvgIpc) is 3.38. The van der Waals surface area contributed by atoms with Crippen molar-refractivity contribution in [2.75, 3.05) is 27.4 Å². The van der Waals surface area contributed by atoms with Crippen LogP contribution in [0.1, 0.15) is 33.6 Å². The summed E-state index contributed by atoms with van der Waals surface area (Å²) in [7, 11) is -1.02.